The number of benzene rings is 2. The van der Waals surface area contributed by atoms with Crippen LogP contribution in [0.2, 0.25) is 5.15 Å². The van der Waals surface area contributed by atoms with Crippen LogP contribution in [0.3, 0.4) is 0 Å². The summed E-state index contributed by atoms with van der Waals surface area (Å²) in [6, 6.07) is 11.6. The second-order valence-corrected chi connectivity index (χ2v) is 7.35. The number of para-hydroxylation sites is 1. The first-order valence-corrected chi connectivity index (χ1v) is 9.59. The molecule has 0 bridgehead atoms. The average Bonchev–Trinajstić information content (AvgIpc) is 2.99. The van der Waals surface area contributed by atoms with Crippen molar-refractivity contribution in [2.75, 3.05) is 0 Å². The summed E-state index contributed by atoms with van der Waals surface area (Å²) in [5, 5.41) is 5.36. The van der Waals surface area contributed by atoms with Gasteiger partial charge in [-0.25, -0.2) is 13.8 Å². The van der Waals surface area contributed by atoms with E-state index >= 15 is 0 Å². The topological polar surface area (TPSA) is 52.7 Å². The number of hydrogen-bond acceptors (Lipinski definition) is 4. The first-order chi connectivity index (χ1) is 13.4. The molecule has 4 aromatic rings. The number of thioether (sulfide) groups is 1. The molecule has 0 fully saturated rings. The number of fused-ring (bicyclic) bond motifs is 1. The molecule has 2 heterocycles. The van der Waals surface area contributed by atoms with Crippen molar-refractivity contribution in [2.24, 2.45) is 7.05 Å². The van der Waals surface area contributed by atoms with Gasteiger partial charge in [-0.15, -0.1) is 0 Å². The highest BCUT2D eigenvalue weighted by molar-refractivity contribution is 7.98. The van der Waals surface area contributed by atoms with Crippen LogP contribution in [-0.2, 0) is 12.8 Å². The van der Waals surface area contributed by atoms with Crippen molar-refractivity contribution >= 4 is 34.3 Å². The van der Waals surface area contributed by atoms with Crippen LogP contribution in [0.25, 0.3) is 16.6 Å². The zero-order chi connectivity index (χ0) is 19.8. The molecule has 0 aliphatic heterocycles. The van der Waals surface area contributed by atoms with Crippen molar-refractivity contribution < 1.29 is 8.78 Å². The first-order valence-electron chi connectivity index (χ1n) is 8.22. The number of halogens is 3. The second-order valence-electron chi connectivity index (χ2n) is 6.02. The third-order valence-corrected chi connectivity index (χ3v) is 5.44. The molecule has 28 heavy (non-hydrogen) atoms. The smallest absolute Gasteiger partial charge is 0.266 e. The predicted octanol–water partition coefficient (Wildman–Crippen LogP) is 4.34. The highest BCUT2D eigenvalue weighted by Gasteiger charge is 2.17. The van der Waals surface area contributed by atoms with E-state index in [2.05, 4.69) is 10.1 Å². The van der Waals surface area contributed by atoms with Crippen molar-refractivity contribution in [3.63, 3.8) is 0 Å². The Bertz CT molecular complexity index is 1240. The van der Waals surface area contributed by atoms with Crippen molar-refractivity contribution in [2.45, 2.75) is 10.9 Å². The van der Waals surface area contributed by atoms with Crippen molar-refractivity contribution in [3.05, 3.63) is 81.4 Å². The molecule has 0 amide bonds. The van der Waals surface area contributed by atoms with Crippen LogP contribution in [-0.4, -0.2) is 19.3 Å². The highest BCUT2D eigenvalue weighted by Crippen LogP contribution is 2.26. The van der Waals surface area contributed by atoms with Gasteiger partial charge in [-0.2, -0.15) is 5.10 Å². The number of aryl methyl sites for hydroxylation is 1. The molecule has 5 nitrogen and oxygen atoms in total. The van der Waals surface area contributed by atoms with Crippen molar-refractivity contribution in [1.82, 2.24) is 19.3 Å². The van der Waals surface area contributed by atoms with Crippen molar-refractivity contribution in [1.29, 1.82) is 0 Å². The standard InChI is InChI=1S/C19H13ClF2N4OS/c1-25-17(20)9-12(24-25)10-28-19-23-15-5-3-2-4-13(15)18(27)26(19)16-7-6-11(21)8-14(16)22/h2-9H,10H2,1H3. The molecule has 0 unspecified atom stereocenters. The maximum absolute atomic E-state index is 14.4. The quantitative estimate of drug-likeness (QED) is 0.365. The molecule has 4 rings (SSSR count). The third kappa shape index (κ3) is 3.41. The molecule has 2 aromatic heterocycles. The van der Waals surface area contributed by atoms with Gasteiger partial charge in [0.15, 0.2) is 5.16 Å². The fourth-order valence-corrected chi connectivity index (χ4v) is 3.85. The van der Waals surface area contributed by atoms with Crippen LogP contribution in [0, 0.1) is 11.6 Å². The summed E-state index contributed by atoms with van der Waals surface area (Å²) in [6.45, 7) is 0. The first kappa shape index (κ1) is 18.6. The van der Waals surface area contributed by atoms with Crippen LogP contribution < -0.4 is 5.56 Å². The van der Waals surface area contributed by atoms with Gasteiger partial charge < -0.3 is 0 Å². The van der Waals surface area contributed by atoms with E-state index in [0.29, 0.717) is 27.5 Å². The summed E-state index contributed by atoms with van der Waals surface area (Å²) in [5.74, 6) is -1.20. The van der Waals surface area contributed by atoms with E-state index in [4.69, 9.17) is 11.6 Å². The van der Waals surface area contributed by atoms with Gasteiger partial charge in [0, 0.05) is 18.9 Å². The van der Waals surface area contributed by atoms with Gasteiger partial charge in [0.2, 0.25) is 0 Å². The van der Waals surface area contributed by atoms with Gasteiger partial charge in [-0.1, -0.05) is 35.5 Å². The van der Waals surface area contributed by atoms with E-state index in [1.807, 2.05) is 0 Å². The Labute approximate surface area is 167 Å². The molecule has 0 atom stereocenters. The monoisotopic (exact) mass is 418 g/mol. The number of hydrogen-bond donors (Lipinski definition) is 0. The van der Waals surface area contributed by atoms with Crippen LogP contribution in [0.5, 0.6) is 0 Å². The minimum Gasteiger partial charge on any atom is -0.268 e. The lowest BCUT2D eigenvalue weighted by Crippen LogP contribution is -2.22. The van der Waals surface area contributed by atoms with Crippen LogP contribution in [0.1, 0.15) is 5.69 Å². The van der Waals surface area contributed by atoms with E-state index in [0.717, 1.165) is 16.7 Å². The third-order valence-electron chi connectivity index (χ3n) is 4.12. The maximum Gasteiger partial charge on any atom is 0.266 e. The Morgan fingerprint density at radius 2 is 1.93 bits per heavy atom. The minimum absolute atomic E-state index is 0.0637. The molecule has 0 aliphatic rings. The summed E-state index contributed by atoms with van der Waals surface area (Å²) in [5.41, 5.74) is 0.683. The lowest BCUT2D eigenvalue weighted by atomic mass is 10.2. The Morgan fingerprint density at radius 3 is 2.64 bits per heavy atom. The van der Waals surface area contributed by atoms with Gasteiger partial charge in [0.25, 0.3) is 5.56 Å². The highest BCUT2D eigenvalue weighted by atomic mass is 35.5. The maximum atomic E-state index is 14.4. The molecular weight excluding hydrogens is 406 g/mol. The molecule has 2 aromatic carbocycles. The van der Waals surface area contributed by atoms with Crippen molar-refractivity contribution in [3.8, 4) is 5.69 Å². The van der Waals surface area contributed by atoms with Gasteiger partial charge in [-0.05, 0) is 30.3 Å². The number of aromatic nitrogens is 4. The normalized spacial score (nSPS) is 11.3. The molecule has 0 saturated carbocycles. The van der Waals surface area contributed by atoms with E-state index in [1.54, 1.807) is 37.4 Å². The SMILES string of the molecule is Cn1nc(CSc2nc3ccccc3c(=O)n2-c2ccc(F)cc2F)cc1Cl. The van der Waals surface area contributed by atoms with Gasteiger partial charge >= 0.3 is 0 Å². The average molecular weight is 419 g/mol. The summed E-state index contributed by atoms with van der Waals surface area (Å²) in [4.78, 5) is 17.6. The number of nitrogens with zero attached hydrogens (tertiary/aromatic N) is 4. The summed E-state index contributed by atoms with van der Waals surface area (Å²) in [7, 11) is 1.72. The lowest BCUT2D eigenvalue weighted by molar-refractivity contribution is 0.572. The van der Waals surface area contributed by atoms with Gasteiger partial charge in [-0.3, -0.25) is 14.0 Å². The minimum atomic E-state index is -0.845. The van der Waals surface area contributed by atoms with Crippen LogP contribution in [0.4, 0.5) is 8.78 Å². The zero-order valence-electron chi connectivity index (χ0n) is 14.6. The van der Waals surface area contributed by atoms with E-state index in [9.17, 15) is 13.6 Å². The molecule has 0 radical (unpaired) electrons. The molecular formula is C19H13ClF2N4OS. The summed E-state index contributed by atoms with van der Waals surface area (Å²) >= 11 is 7.23. The second kappa shape index (κ2) is 7.37. The summed E-state index contributed by atoms with van der Waals surface area (Å²) < 4.78 is 30.5. The Morgan fingerprint density at radius 1 is 1.14 bits per heavy atom. The molecule has 0 aliphatic carbocycles. The molecule has 0 N–H and O–H groups in total. The van der Waals surface area contributed by atoms with Crippen LogP contribution >= 0.6 is 23.4 Å². The molecule has 0 saturated heterocycles. The Kier molecular flexibility index (Phi) is 4.91. The lowest BCUT2D eigenvalue weighted by Gasteiger charge is -2.13. The van der Waals surface area contributed by atoms with Crippen LogP contribution in [0.15, 0.2) is 58.5 Å². The van der Waals surface area contributed by atoms with E-state index in [-0.39, 0.29) is 10.8 Å². The molecule has 142 valence electrons. The zero-order valence-corrected chi connectivity index (χ0v) is 16.1. The fourth-order valence-electron chi connectivity index (χ4n) is 2.79. The Balaban J connectivity index is 1.86. The Hall–Kier alpha value is -2.71. The predicted molar refractivity (Wildman–Crippen MR) is 105 cm³/mol. The van der Waals surface area contributed by atoms with E-state index < -0.39 is 17.2 Å². The fraction of sp³-hybridized carbons (Fsp3) is 0.105. The van der Waals surface area contributed by atoms with Gasteiger partial charge in [0.05, 0.1) is 22.3 Å². The molecule has 0 spiro atoms. The summed E-state index contributed by atoms with van der Waals surface area (Å²) in [6.07, 6.45) is 0. The van der Waals surface area contributed by atoms with Gasteiger partial charge in [0.1, 0.15) is 16.8 Å². The largest absolute Gasteiger partial charge is 0.268 e. The number of rotatable bonds is 4. The molecule has 9 heteroatoms. The van der Waals surface area contributed by atoms with E-state index in [1.165, 1.54) is 22.5 Å².